The van der Waals surface area contributed by atoms with E-state index in [0.717, 1.165) is 12.8 Å². The van der Waals surface area contributed by atoms with E-state index >= 15 is 0 Å². The SMILES string of the molecule is C#CCNC(C(=O)OC)C1CCC(C)O1. The van der Waals surface area contributed by atoms with E-state index in [2.05, 4.69) is 11.2 Å². The van der Waals surface area contributed by atoms with Crippen molar-refractivity contribution in [1.29, 1.82) is 0 Å². The Bertz CT molecular complexity index is 259. The summed E-state index contributed by atoms with van der Waals surface area (Å²) in [5.41, 5.74) is 0. The van der Waals surface area contributed by atoms with Crippen molar-refractivity contribution < 1.29 is 14.3 Å². The number of methoxy groups -OCH3 is 1. The molecule has 1 aliphatic heterocycles. The van der Waals surface area contributed by atoms with Crippen molar-refractivity contribution in [3.05, 3.63) is 0 Å². The molecule has 0 radical (unpaired) electrons. The summed E-state index contributed by atoms with van der Waals surface area (Å²) in [6, 6.07) is -0.448. The molecule has 3 atom stereocenters. The van der Waals surface area contributed by atoms with Gasteiger partial charge in [-0.25, -0.2) is 0 Å². The lowest BCUT2D eigenvalue weighted by Gasteiger charge is -2.21. The quantitative estimate of drug-likeness (QED) is 0.537. The molecule has 1 aliphatic rings. The van der Waals surface area contributed by atoms with Gasteiger partial charge in [-0.15, -0.1) is 6.42 Å². The zero-order valence-corrected chi connectivity index (χ0v) is 9.16. The van der Waals surface area contributed by atoms with Crippen molar-refractivity contribution in [2.45, 2.75) is 38.0 Å². The summed E-state index contributed by atoms with van der Waals surface area (Å²) < 4.78 is 10.3. The Labute approximate surface area is 90.3 Å². The third-order valence-electron chi connectivity index (χ3n) is 2.52. The lowest BCUT2D eigenvalue weighted by Crippen LogP contribution is -2.46. The van der Waals surface area contributed by atoms with Crippen LogP contribution in [0.3, 0.4) is 0 Å². The van der Waals surface area contributed by atoms with E-state index in [-0.39, 0.29) is 18.2 Å². The summed E-state index contributed by atoms with van der Waals surface area (Å²) >= 11 is 0. The van der Waals surface area contributed by atoms with Gasteiger partial charge in [-0.2, -0.15) is 0 Å². The van der Waals surface area contributed by atoms with Crippen LogP contribution >= 0.6 is 0 Å². The minimum atomic E-state index is -0.448. The van der Waals surface area contributed by atoms with Gasteiger partial charge in [0.2, 0.25) is 0 Å². The predicted octanol–water partition coefficient (Wildman–Crippen LogP) is 0.318. The zero-order chi connectivity index (χ0) is 11.3. The van der Waals surface area contributed by atoms with Crippen molar-refractivity contribution >= 4 is 5.97 Å². The Hall–Kier alpha value is -1.05. The highest BCUT2D eigenvalue weighted by Gasteiger charge is 2.34. The molecule has 0 aromatic carbocycles. The minimum Gasteiger partial charge on any atom is -0.468 e. The van der Waals surface area contributed by atoms with E-state index in [1.54, 1.807) is 0 Å². The molecule has 84 valence electrons. The number of esters is 1. The molecule has 1 rings (SSSR count). The molecule has 0 aliphatic carbocycles. The highest BCUT2D eigenvalue weighted by Crippen LogP contribution is 2.22. The van der Waals surface area contributed by atoms with Gasteiger partial charge < -0.3 is 9.47 Å². The fourth-order valence-electron chi connectivity index (χ4n) is 1.74. The maximum Gasteiger partial charge on any atom is 0.325 e. The van der Waals surface area contributed by atoms with Crippen molar-refractivity contribution in [3.63, 3.8) is 0 Å². The van der Waals surface area contributed by atoms with E-state index in [9.17, 15) is 4.79 Å². The molecule has 0 aromatic rings. The Balaban J connectivity index is 2.56. The van der Waals surface area contributed by atoms with Gasteiger partial charge in [0.1, 0.15) is 6.04 Å². The van der Waals surface area contributed by atoms with E-state index in [1.807, 2.05) is 6.92 Å². The van der Waals surface area contributed by atoms with Crippen LogP contribution in [0.15, 0.2) is 0 Å². The van der Waals surface area contributed by atoms with E-state index in [1.165, 1.54) is 7.11 Å². The standard InChI is InChI=1S/C11H17NO3/c1-4-7-12-10(11(13)14-3)9-6-5-8(2)15-9/h1,8-10,12H,5-7H2,2-3H3. The summed E-state index contributed by atoms with van der Waals surface area (Å²) in [7, 11) is 1.37. The summed E-state index contributed by atoms with van der Waals surface area (Å²) in [5, 5.41) is 2.95. The van der Waals surface area contributed by atoms with Crippen LogP contribution in [0.2, 0.25) is 0 Å². The molecule has 15 heavy (non-hydrogen) atoms. The Morgan fingerprint density at radius 1 is 1.73 bits per heavy atom. The molecule has 1 fully saturated rings. The highest BCUT2D eigenvalue weighted by atomic mass is 16.5. The van der Waals surface area contributed by atoms with Crippen molar-refractivity contribution in [1.82, 2.24) is 5.32 Å². The fraction of sp³-hybridized carbons (Fsp3) is 0.727. The molecule has 1 N–H and O–H groups in total. The topological polar surface area (TPSA) is 47.6 Å². The van der Waals surface area contributed by atoms with Gasteiger partial charge in [0, 0.05) is 0 Å². The molecule has 0 spiro atoms. The van der Waals surface area contributed by atoms with Crippen molar-refractivity contribution in [2.24, 2.45) is 0 Å². The van der Waals surface area contributed by atoms with Crippen LogP contribution in [0.1, 0.15) is 19.8 Å². The van der Waals surface area contributed by atoms with Gasteiger partial charge in [0.25, 0.3) is 0 Å². The molecule has 4 nitrogen and oxygen atoms in total. The first-order chi connectivity index (χ1) is 7.19. The van der Waals surface area contributed by atoms with E-state index in [4.69, 9.17) is 15.9 Å². The maximum atomic E-state index is 11.5. The molecule has 0 aromatic heterocycles. The minimum absolute atomic E-state index is 0.124. The van der Waals surface area contributed by atoms with Crippen molar-refractivity contribution in [2.75, 3.05) is 13.7 Å². The van der Waals surface area contributed by atoms with Gasteiger partial charge in [-0.1, -0.05) is 5.92 Å². The van der Waals surface area contributed by atoms with E-state index in [0.29, 0.717) is 6.54 Å². The number of nitrogens with one attached hydrogen (secondary N) is 1. The summed E-state index contributed by atoms with van der Waals surface area (Å²) in [4.78, 5) is 11.5. The first-order valence-electron chi connectivity index (χ1n) is 5.09. The largest absolute Gasteiger partial charge is 0.468 e. The van der Waals surface area contributed by atoms with Gasteiger partial charge in [0.15, 0.2) is 0 Å². The second-order valence-electron chi connectivity index (χ2n) is 3.65. The Morgan fingerprint density at radius 3 is 2.93 bits per heavy atom. The van der Waals surface area contributed by atoms with Gasteiger partial charge in [-0.05, 0) is 19.8 Å². The van der Waals surface area contributed by atoms with Crippen LogP contribution in [-0.4, -0.2) is 37.9 Å². The number of carbonyl (C=O) groups excluding carboxylic acids is 1. The zero-order valence-electron chi connectivity index (χ0n) is 9.16. The Kier molecular flexibility index (Phi) is 4.60. The smallest absolute Gasteiger partial charge is 0.325 e. The average Bonchev–Trinajstić information content (AvgIpc) is 2.65. The van der Waals surface area contributed by atoms with Crippen molar-refractivity contribution in [3.8, 4) is 12.3 Å². The normalized spacial score (nSPS) is 27.0. The van der Waals surface area contributed by atoms with Crippen LogP contribution in [0.4, 0.5) is 0 Å². The number of hydrogen-bond donors (Lipinski definition) is 1. The first kappa shape index (κ1) is 12.0. The van der Waals surface area contributed by atoms with Crippen LogP contribution in [0, 0.1) is 12.3 Å². The first-order valence-corrected chi connectivity index (χ1v) is 5.09. The van der Waals surface area contributed by atoms with Gasteiger partial charge in [-0.3, -0.25) is 10.1 Å². The average molecular weight is 211 g/mol. The molecule has 4 heteroatoms. The maximum absolute atomic E-state index is 11.5. The van der Waals surface area contributed by atoms with Crippen LogP contribution in [0.5, 0.6) is 0 Å². The molecule has 0 bridgehead atoms. The fourth-order valence-corrected chi connectivity index (χ4v) is 1.74. The molecule has 1 heterocycles. The third-order valence-corrected chi connectivity index (χ3v) is 2.52. The number of rotatable bonds is 4. The Morgan fingerprint density at radius 2 is 2.47 bits per heavy atom. The van der Waals surface area contributed by atoms with Crippen LogP contribution in [0.25, 0.3) is 0 Å². The number of terminal acetylenes is 1. The summed E-state index contributed by atoms with van der Waals surface area (Å²) in [6.07, 6.45) is 7.05. The predicted molar refractivity (Wildman–Crippen MR) is 56.2 cm³/mol. The number of ether oxygens (including phenoxy) is 2. The molecular formula is C11H17NO3. The monoisotopic (exact) mass is 211 g/mol. The summed E-state index contributed by atoms with van der Waals surface area (Å²) in [6.45, 7) is 2.34. The number of hydrogen-bond acceptors (Lipinski definition) is 4. The second-order valence-corrected chi connectivity index (χ2v) is 3.65. The molecule has 3 unspecified atom stereocenters. The highest BCUT2D eigenvalue weighted by molar-refractivity contribution is 5.76. The van der Waals surface area contributed by atoms with Gasteiger partial charge >= 0.3 is 5.97 Å². The van der Waals surface area contributed by atoms with E-state index < -0.39 is 6.04 Å². The molecule has 0 amide bonds. The summed E-state index contributed by atoms with van der Waals surface area (Å²) in [5.74, 6) is 2.12. The molecular weight excluding hydrogens is 194 g/mol. The van der Waals surface area contributed by atoms with Gasteiger partial charge in [0.05, 0.1) is 25.9 Å². The number of carbonyl (C=O) groups is 1. The lowest BCUT2D eigenvalue weighted by atomic mass is 10.1. The second kappa shape index (κ2) is 5.74. The third kappa shape index (κ3) is 3.22. The van der Waals surface area contributed by atoms with Crippen LogP contribution in [-0.2, 0) is 14.3 Å². The molecule has 0 saturated carbocycles. The lowest BCUT2D eigenvalue weighted by molar-refractivity contribution is -0.147. The van der Waals surface area contributed by atoms with Crippen LogP contribution < -0.4 is 5.32 Å². The molecule has 1 saturated heterocycles.